The maximum Gasteiger partial charge on any atom is 0.118 e. The lowest BCUT2D eigenvalue weighted by Gasteiger charge is -2.05. The summed E-state index contributed by atoms with van der Waals surface area (Å²) in [6.45, 7) is 2.51. The molecule has 1 rings (SSSR count). The summed E-state index contributed by atoms with van der Waals surface area (Å²) in [6, 6.07) is 5.61. The first kappa shape index (κ1) is 10.0. The first-order chi connectivity index (χ1) is 6.27. The Morgan fingerprint density at radius 3 is 2.85 bits per heavy atom. The standard InChI is InChI=1S/C10H15NO2/c1-2-8-3-4-10(12)9(7-8)5-6-13-11/h3-4,7,12H,2,5-6,11H2,1H3. The van der Waals surface area contributed by atoms with Crippen molar-refractivity contribution in [1.29, 1.82) is 0 Å². The number of hydrogen-bond donors (Lipinski definition) is 2. The summed E-state index contributed by atoms with van der Waals surface area (Å²) >= 11 is 0. The van der Waals surface area contributed by atoms with Crippen molar-refractivity contribution in [3.63, 3.8) is 0 Å². The monoisotopic (exact) mass is 181 g/mol. The Balaban J connectivity index is 2.78. The Morgan fingerprint density at radius 2 is 2.23 bits per heavy atom. The van der Waals surface area contributed by atoms with Crippen LogP contribution in [0.15, 0.2) is 18.2 Å². The maximum absolute atomic E-state index is 9.46. The Labute approximate surface area is 78.1 Å². The second-order valence-electron chi connectivity index (χ2n) is 2.94. The molecule has 13 heavy (non-hydrogen) atoms. The lowest BCUT2D eigenvalue weighted by atomic mass is 10.1. The highest BCUT2D eigenvalue weighted by Gasteiger charge is 2.01. The average Bonchev–Trinajstić information content (AvgIpc) is 2.17. The first-order valence-electron chi connectivity index (χ1n) is 4.40. The SMILES string of the molecule is CCc1ccc(O)c(CCON)c1. The summed E-state index contributed by atoms with van der Waals surface area (Å²) in [5.74, 6) is 5.23. The van der Waals surface area contributed by atoms with Gasteiger partial charge in [-0.25, -0.2) is 5.90 Å². The van der Waals surface area contributed by atoms with Crippen LogP contribution >= 0.6 is 0 Å². The molecular weight excluding hydrogens is 166 g/mol. The molecule has 72 valence electrons. The fourth-order valence-corrected chi connectivity index (χ4v) is 1.23. The first-order valence-corrected chi connectivity index (χ1v) is 4.40. The molecule has 0 amide bonds. The van der Waals surface area contributed by atoms with E-state index in [-0.39, 0.29) is 0 Å². The van der Waals surface area contributed by atoms with Crippen molar-refractivity contribution in [2.24, 2.45) is 5.90 Å². The summed E-state index contributed by atoms with van der Waals surface area (Å²) < 4.78 is 0. The predicted molar refractivity (Wildman–Crippen MR) is 51.3 cm³/mol. The zero-order chi connectivity index (χ0) is 9.68. The number of rotatable bonds is 4. The fraction of sp³-hybridized carbons (Fsp3) is 0.400. The Hall–Kier alpha value is -1.06. The number of phenolic OH excluding ortho intramolecular Hbond substituents is 1. The Morgan fingerprint density at radius 1 is 1.46 bits per heavy atom. The highest BCUT2D eigenvalue weighted by atomic mass is 16.6. The molecule has 0 aliphatic heterocycles. The van der Waals surface area contributed by atoms with E-state index < -0.39 is 0 Å². The van der Waals surface area contributed by atoms with Crippen molar-refractivity contribution >= 4 is 0 Å². The van der Waals surface area contributed by atoms with E-state index in [2.05, 4.69) is 11.8 Å². The van der Waals surface area contributed by atoms with Crippen LogP contribution in [-0.2, 0) is 17.7 Å². The fourth-order valence-electron chi connectivity index (χ4n) is 1.23. The minimum Gasteiger partial charge on any atom is -0.508 e. The lowest BCUT2D eigenvalue weighted by Crippen LogP contribution is -2.04. The Bertz CT molecular complexity index is 274. The molecule has 0 fully saturated rings. The van der Waals surface area contributed by atoms with Crippen LogP contribution in [-0.4, -0.2) is 11.7 Å². The van der Waals surface area contributed by atoms with Crippen molar-refractivity contribution < 1.29 is 9.94 Å². The summed E-state index contributed by atoms with van der Waals surface area (Å²) in [5.41, 5.74) is 2.11. The second-order valence-corrected chi connectivity index (χ2v) is 2.94. The number of nitrogens with two attached hydrogens (primary N) is 1. The van der Waals surface area contributed by atoms with Gasteiger partial charge in [0.05, 0.1) is 6.61 Å². The molecule has 0 unspecified atom stereocenters. The van der Waals surface area contributed by atoms with Crippen LogP contribution in [0, 0.1) is 0 Å². The molecule has 1 aromatic carbocycles. The molecule has 0 radical (unpaired) electrons. The van der Waals surface area contributed by atoms with Crippen LogP contribution in [0.3, 0.4) is 0 Å². The van der Waals surface area contributed by atoms with E-state index in [1.54, 1.807) is 6.07 Å². The van der Waals surface area contributed by atoms with Gasteiger partial charge in [-0.15, -0.1) is 0 Å². The molecule has 1 aromatic rings. The van der Waals surface area contributed by atoms with Gasteiger partial charge >= 0.3 is 0 Å². The average molecular weight is 181 g/mol. The molecule has 0 bridgehead atoms. The van der Waals surface area contributed by atoms with Gasteiger partial charge in [-0.2, -0.15) is 0 Å². The quantitative estimate of drug-likeness (QED) is 0.690. The number of hydrogen-bond acceptors (Lipinski definition) is 3. The molecule has 0 aliphatic rings. The summed E-state index contributed by atoms with van der Waals surface area (Å²) in [5, 5.41) is 9.46. The lowest BCUT2D eigenvalue weighted by molar-refractivity contribution is 0.140. The summed E-state index contributed by atoms with van der Waals surface area (Å²) in [7, 11) is 0. The smallest absolute Gasteiger partial charge is 0.118 e. The number of aryl methyl sites for hydroxylation is 1. The maximum atomic E-state index is 9.46. The minimum absolute atomic E-state index is 0.314. The van der Waals surface area contributed by atoms with Gasteiger partial charge in [0.2, 0.25) is 0 Å². The third-order valence-corrected chi connectivity index (χ3v) is 2.04. The molecule has 0 saturated heterocycles. The van der Waals surface area contributed by atoms with Crippen LogP contribution in [0.5, 0.6) is 5.75 Å². The zero-order valence-corrected chi connectivity index (χ0v) is 7.79. The van der Waals surface area contributed by atoms with Crippen molar-refractivity contribution in [2.75, 3.05) is 6.61 Å². The molecule has 3 heteroatoms. The van der Waals surface area contributed by atoms with E-state index in [1.807, 2.05) is 12.1 Å². The van der Waals surface area contributed by atoms with Gasteiger partial charge in [0, 0.05) is 6.42 Å². The highest BCUT2D eigenvalue weighted by molar-refractivity contribution is 5.36. The molecule has 0 aliphatic carbocycles. The zero-order valence-electron chi connectivity index (χ0n) is 7.79. The predicted octanol–water partition coefficient (Wildman–Crippen LogP) is 1.39. The molecule has 0 atom stereocenters. The highest BCUT2D eigenvalue weighted by Crippen LogP contribution is 2.19. The topological polar surface area (TPSA) is 55.5 Å². The number of benzene rings is 1. The molecule has 0 saturated carbocycles. The molecule has 3 nitrogen and oxygen atoms in total. The number of aromatic hydroxyl groups is 1. The molecular formula is C10H15NO2. The minimum atomic E-state index is 0.314. The van der Waals surface area contributed by atoms with E-state index in [0.29, 0.717) is 18.8 Å². The largest absolute Gasteiger partial charge is 0.508 e. The van der Waals surface area contributed by atoms with Crippen molar-refractivity contribution in [1.82, 2.24) is 0 Å². The van der Waals surface area contributed by atoms with Crippen LogP contribution in [0.2, 0.25) is 0 Å². The van der Waals surface area contributed by atoms with Gasteiger partial charge in [0.25, 0.3) is 0 Å². The molecule has 0 spiro atoms. The van der Waals surface area contributed by atoms with Crippen LogP contribution in [0.1, 0.15) is 18.1 Å². The van der Waals surface area contributed by atoms with E-state index in [4.69, 9.17) is 5.90 Å². The summed E-state index contributed by atoms with van der Waals surface area (Å²) in [6.07, 6.45) is 1.62. The van der Waals surface area contributed by atoms with Gasteiger partial charge in [-0.1, -0.05) is 19.1 Å². The van der Waals surface area contributed by atoms with Crippen molar-refractivity contribution in [2.45, 2.75) is 19.8 Å². The van der Waals surface area contributed by atoms with Crippen LogP contribution in [0.4, 0.5) is 0 Å². The van der Waals surface area contributed by atoms with Crippen LogP contribution < -0.4 is 5.90 Å². The van der Waals surface area contributed by atoms with Gasteiger partial charge in [-0.3, -0.25) is 0 Å². The van der Waals surface area contributed by atoms with Gasteiger partial charge in [-0.05, 0) is 23.6 Å². The van der Waals surface area contributed by atoms with Gasteiger partial charge in [0.15, 0.2) is 0 Å². The van der Waals surface area contributed by atoms with E-state index in [0.717, 1.165) is 12.0 Å². The third-order valence-electron chi connectivity index (χ3n) is 2.04. The number of phenols is 1. The Kier molecular flexibility index (Phi) is 3.73. The van der Waals surface area contributed by atoms with Crippen molar-refractivity contribution in [3.8, 4) is 5.75 Å². The summed E-state index contributed by atoms with van der Waals surface area (Å²) in [4.78, 5) is 4.46. The van der Waals surface area contributed by atoms with Crippen LogP contribution in [0.25, 0.3) is 0 Å². The van der Waals surface area contributed by atoms with E-state index >= 15 is 0 Å². The molecule has 3 N–H and O–H groups in total. The molecule has 0 heterocycles. The van der Waals surface area contributed by atoms with Crippen molar-refractivity contribution in [3.05, 3.63) is 29.3 Å². The van der Waals surface area contributed by atoms with E-state index in [9.17, 15) is 5.11 Å². The third kappa shape index (κ3) is 2.72. The normalized spacial score (nSPS) is 10.3. The van der Waals surface area contributed by atoms with E-state index in [1.165, 1.54) is 5.56 Å². The van der Waals surface area contributed by atoms with Gasteiger partial charge in [0.1, 0.15) is 5.75 Å². The van der Waals surface area contributed by atoms with Gasteiger partial charge < -0.3 is 9.94 Å². The second kappa shape index (κ2) is 4.84. The molecule has 0 aromatic heterocycles.